The highest BCUT2D eigenvalue weighted by Gasteiger charge is 2.35. The first-order chi connectivity index (χ1) is 15.2. The third-order valence-corrected chi connectivity index (χ3v) is 5.19. The highest BCUT2D eigenvalue weighted by atomic mass is 32.1. The number of ether oxygens (including phenoxy) is 1. The second-order valence-electron chi connectivity index (χ2n) is 7.35. The quantitative estimate of drug-likeness (QED) is 0.599. The SMILES string of the molecule is COc1cccc(C(=O)Nc2cnn3c2C(=O)N(c2ccc(C(F)(F)F)cc2)C[C@@H]3C)c1.S. The van der Waals surface area contributed by atoms with Crippen LogP contribution in [-0.2, 0) is 6.18 Å². The minimum Gasteiger partial charge on any atom is -0.497 e. The Morgan fingerprint density at radius 3 is 2.52 bits per heavy atom. The molecule has 1 aliphatic heterocycles. The molecule has 3 aromatic rings. The van der Waals surface area contributed by atoms with Crippen LogP contribution in [0.2, 0.25) is 0 Å². The van der Waals surface area contributed by atoms with Crippen molar-refractivity contribution in [2.75, 3.05) is 23.9 Å². The van der Waals surface area contributed by atoms with E-state index in [0.717, 1.165) is 12.1 Å². The molecule has 0 unspecified atom stereocenters. The summed E-state index contributed by atoms with van der Waals surface area (Å²) in [6.07, 6.45) is -3.08. The number of hydrogen-bond donors (Lipinski definition) is 1. The first kappa shape index (κ1) is 24.2. The number of fused-ring (bicyclic) bond motifs is 1. The number of aromatic nitrogens is 2. The molecule has 0 spiro atoms. The summed E-state index contributed by atoms with van der Waals surface area (Å²) in [6, 6.07) is 10.7. The van der Waals surface area contributed by atoms with Gasteiger partial charge >= 0.3 is 6.18 Å². The zero-order valence-electron chi connectivity index (χ0n) is 17.7. The van der Waals surface area contributed by atoms with Crippen LogP contribution in [0.4, 0.5) is 24.5 Å². The van der Waals surface area contributed by atoms with Crippen LogP contribution in [-0.4, -0.2) is 35.2 Å². The molecule has 0 aliphatic carbocycles. The Morgan fingerprint density at radius 1 is 1.18 bits per heavy atom. The molecule has 2 amide bonds. The van der Waals surface area contributed by atoms with E-state index in [0.29, 0.717) is 17.0 Å². The smallest absolute Gasteiger partial charge is 0.416 e. The Morgan fingerprint density at radius 2 is 1.88 bits per heavy atom. The molecule has 4 rings (SSSR count). The Balaban J connectivity index is 0.00000306. The van der Waals surface area contributed by atoms with Gasteiger partial charge in [-0.05, 0) is 49.4 Å². The van der Waals surface area contributed by atoms with Crippen LogP contribution in [0.25, 0.3) is 0 Å². The van der Waals surface area contributed by atoms with E-state index in [2.05, 4.69) is 10.4 Å². The topological polar surface area (TPSA) is 76.5 Å². The average Bonchev–Trinajstić information content (AvgIpc) is 3.20. The highest BCUT2D eigenvalue weighted by Crippen LogP contribution is 2.33. The van der Waals surface area contributed by atoms with Gasteiger partial charge in [0.25, 0.3) is 11.8 Å². The number of alkyl halides is 3. The number of nitrogens with zero attached hydrogens (tertiary/aromatic N) is 3. The summed E-state index contributed by atoms with van der Waals surface area (Å²) in [6.45, 7) is 2.05. The molecule has 0 radical (unpaired) electrons. The van der Waals surface area contributed by atoms with E-state index >= 15 is 0 Å². The van der Waals surface area contributed by atoms with Gasteiger partial charge in [-0.1, -0.05) is 6.07 Å². The minimum absolute atomic E-state index is 0. The van der Waals surface area contributed by atoms with Gasteiger partial charge in [-0.25, -0.2) is 0 Å². The van der Waals surface area contributed by atoms with E-state index in [1.807, 2.05) is 6.92 Å². The lowest BCUT2D eigenvalue weighted by molar-refractivity contribution is -0.137. The second kappa shape index (κ2) is 9.18. The van der Waals surface area contributed by atoms with Crippen molar-refractivity contribution < 1.29 is 27.5 Å². The maximum absolute atomic E-state index is 13.2. The largest absolute Gasteiger partial charge is 0.497 e. The molecule has 0 saturated heterocycles. The highest BCUT2D eigenvalue weighted by molar-refractivity contribution is 7.59. The predicted molar refractivity (Wildman–Crippen MR) is 121 cm³/mol. The van der Waals surface area contributed by atoms with Crippen molar-refractivity contribution in [3.05, 3.63) is 71.5 Å². The van der Waals surface area contributed by atoms with Crippen molar-refractivity contribution in [3.8, 4) is 5.75 Å². The van der Waals surface area contributed by atoms with Crippen LogP contribution < -0.4 is 15.0 Å². The molecule has 174 valence electrons. The van der Waals surface area contributed by atoms with Gasteiger partial charge in [0, 0.05) is 17.8 Å². The number of carbonyl (C=O) groups excluding carboxylic acids is 2. The van der Waals surface area contributed by atoms with Crippen LogP contribution in [0, 0.1) is 0 Å². The van der Waals surface area contributed by atoms with Crippen LogP contribution in [0.15, 0.2) is 54.7 Å². The van der Waals surface area contributed by atoms with E-state index < -0.39 is 23.6 Å². The molecule has 0 bridgehead atoms. The van der Waals surface area contributed by atoms with Crippen molar-refractivity contribution in [2.45, 2.75) is 19.1 Å². The zero-order valence-corrected chi connectivity index (χ0v) is 18.7. The Labute approximate surface area is 194 Å². The molecule has 1 atom stereocenters. The Bertz CT molecular complexity index is 1180. The Kier molecular flexibility index (Phi) is 6.73. The van der Waals surface area contributed by atoms with E-state index in [1.54, 1.807) is 24.3 Å². The number of nitrogens with one attached hydrogen (secondary N) is 1. The average molecular weight is 478 g/mol. The summed E-state index contributed by atoms with van der Waals surface area (Å²) in [5.74, 6) is -0.416. The van der Waals surface area contributed by atoms with Crippen LogP contribution in [0.1, 0.15) is 39.4 Å². The first-order valence-corrected chi connectivity index (χ1v) is 9.71. The molecule has 11 heteroatoms. The molecule has 1 aromatic heterocycles. The normalized spacial score (nSPS) is 15.5. The van der Waals surface area contributed by atoms with Gasteiger partial charge in [-0.3, -0.25) is 14.3 Å². The number of hydrogen-bond acceptors (Lipinski definition) is 4. The van der Waals surface area contributed by atoms with Crippen molar-refractivity contribution >= 4 is 36.7 Å². The molecule has 1 N–H and O–H groups in total. The number of rotatable bonds is 4. The van der Waals surface area contributed by atoms with Gasteiger partial charge in [0.15, 0.2) is 5.69 Å². The number of amides is 2. The summed E-state index contributed by atoms with van der Waals surface area (Å²) in [7, 11) is 1.49. The molecule has 0 fully saturated rings. The lowest BCUT2D eigenvalue weighted by Crippen LogP contribution is -2.43. The molecule has 7 nitrogen and oxygen atoms in total. The van der Waals surface area contributed by atoms with Gasteiger partial charge in [0.2, 0.25) is 0 Å². The monoisotopic (exact) mass is 478 g/mol. The van der Waals surface area contributed by atoms with Crippen molar-refractivity contribution in [3.63, 3.8) is 0 Å². The lowest BCUT2D eigenvalue weighted by Gasteiger charge is -2.32. The van der Waals surface area contributed by atoms with Gasteiger partial charge in [-0.2, -0.15) is 31.8 Å². The number of benzene rings is 2. The molecular formula is C22H21F3N4O3S. The molecule has 2 heterocycles. The number of methoxy groups -OCH3 is 1. The molecule has 0 saturated carbocycles. The van der Waals surface area contributed by atoms with E-state index in [1.165, 1.54) is 35.0 Å². The summed E-state index contributed by atoms with van der Waals surface area (Å²) < 4.78 is 45.3. The van der Waals surface area contributed by atoms with E-state index in [9.17, 15) is 22.8 Å². The fourth-order valence-corrected chi connectivity index (χ4v) is 3.57. The molecule has 2 aromatic carbocycles. The molecular weight excluding hydrogens is 457 g/mol. The maximum atomic E-state index is 13.2. The number of carbonyl (C=O) groups is 2. The fourth-order valence-electron chi connectivity index (χ4n) is 3.57. The minimum atomic E-state index is -4.46. The van der Waals surface area contributed by atoms with Gasteiger partial charge in [0.05, 0.1) is 30.6 Å². The van der Waals surface area contributed by atoms with Crippen molar-refractivity contribution in [1.82, 2.24) is 9.78 Å². The lowest BCUT2D eigenvalue weighted by atomic mass is 10.1. The summed E-state index contributed by atoms with van der Waals surface area (Å²) >= 11 is 0. The molecule has 33 heavy (non-hydrogen) atoms. The van der Waals surface area contributed by atoms with Crippen molar-refractivity contribution in [2.24, 2.45) is 0 Å². The number of anilines is 2. The summed E-state index contributed by atoms with van der Waals surface area (Å²) in [4.78, 5) is 27.3. The second-order valence-corrected chi connectivity index (χ2v) is 7.35. The first-order valence-electron chi connectivity index (χ1n) is 9.71. The van der Waals surface area contributed by atoms with Crippen molar-refractivity contribution in [1.29, 1.82) is 0 Å². The van der Waals surface area contributed by atoms with Crippen LogP contribution >= 0.6 is 13.5 Å². The standard InChI is InChI=1S/C22H19F3N4O3.H2S/c1-13-12-28(16-8-6-15(7-9-16)22(23,24)25)21(31)19-18(11-26-29(13)19)27-20(30)14-4-3-5-17(10-14)32-2;/h3-11,13H,12H2,1-2H3,(H,27,30);1H2/t13-;/m0./s1. The van der Waals surface area contributed by atoms with E-state index in [-0.39, 0.29) is 37.5 Å². The van der Waals surface area contributed by atoms with E-state index in [4.69, 9.17) is 4.74 Å². The maximum Gasteiger partial charge on any atom is 0.416 e. The van der Waals surface area contributed by atoms with Gasteiger partial charge in [-0.15, -0.1) is 0 Å². The summed E-state index contributed by atoms with van der Waals surface area (Å²) in [5, 5.41) is 6.92. The van der Waals surface area contributed by atoms with Crippen LogP contribution in [0.3, 0.4) is 0 Å². The van der Waals surface area contributed by atoms with Gasteiger partial charge in [0.1, 0.15) is 5.75 Å². The predicted octanol–water partition coefficient (Wildman–Crippen LogP) is 4.50. The third-order valence-electron chi connectivity index (χ3n) is 5.19. The zero-order chi connectivity index (χ0) is 23.0. The van der Waals surface area contributed by atoms with Gasteiger partial charge < -0.3 is 15.0 Å². The Hall–Kier alpha value is -3.47. The summed E-state index contributed by atoms with van der Waals surface area (Å²) in [5.41, 5.74) is 0.230. The molecule has 1 aliphatic rings. The fraction of sp³-hybridized carbons (Fsp3) is 0.227. The number of halogens is 3. The third kappa shape index (κ3) is 4.68. The van der Waals surface area contributed by atoms with Crippen LogP contribution in [0.5, 0.6) is 5.75 Å².